The van der Waals surface area contributed by atoms with E-state index >= 15 is 0 Å². The van der Waals surface area contributed by atoms with Crippen molar-refractivity contribution in [1.29, 1.82) is 0 Å². The van der Waals surface area contributed by atoms with E-state index in [1.54, 1.807) is 0 Å². The van der Waals surface area contributed by atoms with Crippen molar-refractivity contribution in [3.8, 4) is 11.5 Å². The van der Waals surface area contributed by atoms with Crippen LogP contribution in [0.4, 0.5) is 16.2 Å². The molecule has 0 unspecified atom stereocenters. The topological polar surface area (TPSA) is 122 Å². The fraction of sp³-hybridized carbons (Fsp3) is 0.519. The van der Waals surface area contributed by atoms with E-state index in [2.05, 4.69) is 27.7 Å². The molecule has 2 rings (SSSR count). The third-order valence-corrected chi connectivity index (χ3v) is 5.85. The summed E-state index contributed by atoms with van der Waals surface area (Å²) in [6, 6.07) is 8.21. The Morgan fingerprint density at radius 2 is 1.11 bits per heavy atom. The van der Waals surface area contributed by atoms with Gasteiger partial charge in [-0.15, -0.1) is 0 Å². The minimum Gasteiger partial charge on any atom is -0.394 e. The molecule has 0 bridgehead atoms. The van der Waals surface area contributed by atoms with Gasteiger partial charge in [0.15, 0.2) is 0 Å². The van der Waals surface area contributed by atoms with Crippen LogP contribution < -0.4 is 9.47 Å². The number of carbonyl (C=O) groups is 1. The van der Waals surface area contributed by atoms with Crippen LogP contribution in [-0.2, 0) is 12.8 Å². The summed E-state index contributed by atoms with van der Waals surface area (Å²) in [4.78, 5) is 34.1. The standard InChI is InChI=1S/C27H36N2O7/c1-19(2)9-5-7-11-21-17-23(28(31)32)13-15-25(21)35-27(30)36-26-16-14-24(29(33)34)18-22(26)12-8-6-10-20(3)4/h13-20H,5-12H2,1-4H3. The first-order valence-electron chi connectivity index (χ1n) is 12.5. The molecule has 0 aliphatic rings. The predicted octanol–water partition coefficient (Wildman–Crippen LogP) is 7.82. The molecule has 196 valence electrons. The third kappa shape index (κ3) is 9.64. The minimum atomic E-state index is -0.996. The summed E-state index contributed by atoms with van der Waals surface area (Å²) < 4.78 is 10.9. The molecule has 2 aromatic rings. The summed E-state index contributed by atoms with van der Waals surface area (Å²) in [6.07, 6.45) is 5.62. The van der Waals surface area contributed by atoms with Gasteiger partial charge in [-0.3, -0.25) is 20.2 Å². The fourth-order valence-corrected chi connectivity index (χ4v) is 3.89. The number of nitro benzene ring substituents is 2. The van der Waals surface area contributed by atoms with Gasteiger partial charge in [-0.05, 0) is 49.7 Å². The molecule has 2 aromatic carbocycles. The van der Waals surface area contributed by atoms with E-state index in [1.165, 1.54) is 36.4 Å². The maximum absolute atomic E-state index is 12.7. The molecule has 9 nitrogen and oxygen atoms in total. The second-order valence-electron chi connectivity index (χ2n) is 9.83. The molecular weight excluding hydrogens is 464 g/mol. The maximum atomic E-state index is 12.7. The number of hydrogen-bond acceptors (Lipinski definition) is 7. The van der Waals surface area contributed by atoms with Gasteiger partial charge in [0.25, 0.3) is 11.4 Å². The van der Waals surface area contributed by atoms with Gasteiger partial charge in [-0.25, -0.2) is 4.79 Å². The Bertz CT molecular complexity index is 969. The van der Waals surface area contributed by atoms with E-state index < -0.39 is 16.0 Å². The lowest BCUT2D eigenvalue weighted by atomic mass is 10.0. The Kier molecular flexibility index (Phi) is 11.3. The fourth-order valence-electron chi connectivity index (χ4n) is 3.89. The minimum absolute atomic E-state index is 0.0753. The zero-order valence-electron chi connectivity index (χ0n) is 21.5. The lowest BCUT2D eigenvalue weighted by Gasteiger charge is -2.13. The van der Waals surface area contributed by atoms with E-state index in [9.17, 15) is 25.0 Å². The lowest BCUT2D eigenvalue weighted by molar-refractivity contribution is -0.385. The number of hydrogen-bond donors (Lipinski definition) is 0. The van der Waals surface area contributed by atoms with Crippen LogP contribution in [0.2, 0.25) is 0 Å². The number of unbranched alkanes of at least 4 members (excludes halogenated alkanes) is 2. The zero-order valence-corrected chi connectivity index (χ0v) is 21.5. The average molecular weight is 501 g/mol. The number of benzene rings is 2. The Labute approximate surface area is 212 Å². The van der Waals surface area contributed by atoms with Crippen molar-refractivity contribution in [1.82, 2.24) is 0 Å². The van der Waals surface area contributed by atoms with E-state index in [-0.39, 0.29) is 22.9 Å². The molecule has 0 aliphatic carbocycles. The summed E-state index contributed by atoms with van der Waals surface area (Å²) >= 11 is 0. The molecule has 0 aromatic heterocycles. The first-order valence-corrected chi connectivity index (χ1v) is 12.5. The number of nitro groups is 2. The SMILES string of the molecule is CC(C)CCCCc1cc([N+](=O)[O-])ccc1OC(=O)Oc1ccc([N+](=O)[O-])cc1CCCCC(C)C. The van der Waals surface area contributed by atoms with Gasteiger partial charge in [0.1, 0.15) is 11.5 Å². The molecule has 0 radical (unpaired) electrons. The summed E-state index contributed by atoms with van der Waals surface area (Å²) in [7, 11) is 0. The molecule has 0 N–H and O–H groups in total. The van der Waals surface area contributed by atoms with Gasteiger partial charge >= 0.3 is 6.16 Å². The molecule has 0 aliphatic heterocycles. The highest BCUT2D eigenvalue weighted by molar-refractivity contribution is 5.69. The van der Waals surface area contributed by atoms with Crippen molar-refractivity contribution in [2.75, 3.05) is 0 Å². The van der Waals surface area contributed by atoms with Crippen LogP contribution in [0.1, 0.15) is 77.3 Å². The molecule has 36 heavy (non-hydrogen) atoms. The number of rotatable bonds is 14. The summed E-state index contributed by atoms with van der Waals surface area (Å²) in [6.45, 7) is 8.53. The number of aryl methyl sites for hydroxylation is 2. The summed E-state index contributed by atoms with van der Waals surface area (Å²) in [5.41, 5.74) is 0.965. The van der Waals surface area contributed by atoms with Gasteiger partial charge in [-0.1, -0.05) is 53.4 Å². The van der Waals surface area contributed by atoms with Crippen molar-refractivity contribution in [2.24, 2.45) is 11.8 Å². The Hall–Kier alpha value is -3.49. The molecule has 0 spiro atoms. The predicted molar refractivity (Wildman–Crippen MR) is 138 cm³/mol. The van der Waals surface area contributed by atoms with Crippen molar-refractivity contribution in [2.45, 2.75) is 79.1 Å². The van der Waals surface area contributed by atoms with Crippen molar-refractivity contribution >= 4 is 17.5 Å². The molecule has 0 saturated heterocycles. The van der Waals surface area contributed by atoms with Crippen LogP contribution in [-0.4, -0.2) is 16.0 Å². The highest BCUT2D eigenvalue weighted by atomic mass is 16.7. The summed E-state index contributed by atoms with van der Waals surface area (Å²) in [5.74, 6) is 1.52. The van der Waals surface area contributed by atoms with Gasteiger partial charge in [0.05, 0.1) is 9.85 Å². The molecule has 0 heterocycles. The largest absolute Gasteiger partial charge is 0.519 e. The Morgan fingerprint density at radius 3 is 1.44 bits per heavy atom. The maximum Gasteiger partial charge on any atom is 0.519 e. The monoisotopic (exact) mass is 500 g/mol. The molecule has 0 saturated carbocycles. The highest BCUT2D eigenvalue weighted by Gasteiger charge is 2.19. The molecule has 0 amide bonds. The first-order chi connectivity index (χ1) is 17.1. The highest BCUT2D eigenvalue weighted by Crippen LogP contribution is 2.29. The van der Waals surface area contributed by atoms with Crippen molar-refractivity contribution < 1.29 is 24.1 Å². The zero-order chi connectivity index (χ0) is 26.7. The van der Waals surface area contributed by atoms with E-state index in [0.29, 0.717) is 35.8 Å². The lowest BCUT2D eigenvalue weighted by Crippen LogP contribution is -2.16. The number of non-ortho nitro benzene ring substituents is 2. The number of carbonyl (C=O) groups excluding carboxylic acids is 1. The normalized spacial score (nSPS) is 11.1. The van der Waals surface area contributed by atoms with Crippen LogP contribution in [0, 0.1) is 32.1 Å². The van der Waals surface area contributed by atoms with Crippen molar-refractivity contribution in [3.63, 3.8) is 0 Å². The van der Waals surface area contributed by atoms with Gasteiger partial charge in [-0.2, -0.15) is 0 Å². The van der Waals surface area contributed by atoms with E-state index in [0.717, 1.165) is 38.5 Å². The molecule has 0 atom stereocenters. The van der Waals surface area contributed by atoms with Gasteiger partial charge < -0.3 is 9.47 Å². The second-order valence-corrected chi connectivity index (χ2v) is 9.83. The van der Waals surface area contributed by atoms with Crippen LogP contribution >= 0.6 is 0 Å². The van der Waals surface area contributed by atoms with Gasteiger partial charge in [0, 0.05) is 35.4 Å². The van der Waals surface area contributed by atoms with Crippen LogP contribution in [0.3, 0.4) is 0 Å². The molecule has 0 fully saturated rings. The second kappa shape index (κ2) is 14.2. The third-order valence-electron chi connectivity index (χ3n) is 5.85. The van der Waals surface area contributed by atoms with Gasteiger partial charge in [0.2, 0.25) is 0 Å². The van der Waals surface area contributed by atoms with E-state index in [1.807, 2.05) is 0 Å². The number of nitrogens with zero attached hydrogens (tertiary/aromatic N) is 2. The first kappa shape index (κ1) is 28.7. The van der Waals surface area contributed by atoms with Crippen LogP contribution in [0.25, 0.3) is 0 Å². The summed E-state index contributed by atoms with van der Waals surface area (Å²) in [5, 5.41) is 22.5. The van der Waals surface area contributed by atoms with Crippen LogP contribution in [0.5, 0.6) is 11.5 Å². The van der Waals surface area contributed by atoms with Crippen LogP contribution in [0.15, 0.2) is 36.4 Å². The quantitative estimate of drug-likeness (QED) is 0.0851. The van der Waals surface area contributed by atoms with E-state index in [4.69, 9.17) is 9.47 Å². The smallest absolute Gasteiger partial charge is 0.394 e. The Morgan fingerprint density at radius 1 is 0.722 bits per heavy atom. The average Bonchev–Trinajstić information content (AvgIpc) is 2.80. The number of ether oxygens (including phenoxy) is 2. The molecular formula is C27H36N2O7. The molecule has 9 heteroatoms. The Balaban J connectivity index is 2.16. The van der Waals surface area contributed by atoms with Crippen molar-refractivity contribution in [3.05, 3.63) is 67.8 Å².